The maximum atomic E-state index is 11.1. The number of non-ortho nitro benzene ring substituents is 1. The Kier molecular flexibility index (Phi) is 2.66. The Bertz CT molecular complexity index is 473. The van der Waals surface area contributed by atoms with Crippen molar-refractivity contribution in [3.05, 3.63) is 27.8 Å². The fourth-order valence-electron chi connectivity index (χ4n) is 1.39. The zero-order valence-electron chi connectivity index (χ0n) is 7.94. The molecule has 0 radical (unpaired) electrons. The summed E-state index contributed by atoms with van der Waals surface area (Å²) in [6, 6.07) is 2.28. The van der Waals surface area contributed by atoms with Crippen LogP contribution in [0.25, 0.3) is 0 Å². The molecule has 0 aromatic heterocycles. The predicted molar refractivity (Wildman–Crippen MR) is 54.3 cm³/mol. The van der Waals surface area contributed by atoms with Gasteiger partial charge < -0.3 is 9.47 Å². The zero-order valence-corrected chi connectivity index (χ0v) is 8.69. The van der Waals surface area contributed by atoms with Gasteiger partial charge in [-0.1, -0.05) is 0 Å². The second-order valence-corrected chi connectivity index (χ2v) is 3.39. The van der Waals surface area contributed by atoms with Crippen molar-refractivity contribution in [3.8, 4) is 11.5 Å². The van der Waals surface area contributed by atoms with Crippen molar-refractivity contribution in [1.29, 1.82) is 0 Å². The summed E-state index contributed by atoms with van der Waals surface area (Å²) in [5.74, 6) is 0.335. The number of halogens is 1. The maximum Gasteiger partial charge on any atom is 0.274 e. The van der Waals surface area contributed by atoms with Gasteiger partial charge in [-0.25, -0.2) is 0 Å². The van der Waals surface area contributed by atoms with Crippen molar-refractivity contribution in [2.45, 2.75) is 0 Å². The third-order valence-electron chi connectivity index (χ3n) is 2.05. The minimum atomic E-state index is -0.814. The smallest absolute Gasteiger partial charge is 0.274 e. The van der Waals surface area contributed by atoms with Crippen LogP contribution in [0, 0.1) is 10.1 Å². The summed E-state index contributed by atoms with van der Waals surface area (Å²) in [7, 11) is 0. The fraction of sp³-hybridized carbons (Fsp3) is 0.222. The van der Waals surface area contributed by atoms with Gasteiger partial charge >= 0.3 is 0 Å². The van der Waals surface area contributed by atoms with Crippen LogP contribution < -0.4 is 9.47 Å². The molecule has 0 spiro atoms. The topological polar surface area (TPSA) is 78.7 Å². The lowest BCUT2D eigenvalue weighted by Crippen LogP contribution is -2.17. The first-order chi connectivity index (χ1) is 7.59. The van der Waals surface area contributed by atoms with Crippen LogP contribution in [0.4, 0.5) is 5.69 Å². The van der Waals surface area contributed by atoms with Crippen LogP contribution in [-0.2, 0) is 0 Å². The van der Waals surface area contributed by atoms with E-state index in [2.05, 4.69) is 0 Å². The lowest BCUT2D eigenvalue weighted by molar-refractivity contribution is -0.385. The number of nitro groups is 1. The van der Waals surface area contributed by atoms with E-state index >= 15 is 0 Å². The third-order valence-corrected chi connectivity index (χ3v) is 2.25. The number of carbonyl (C=O) groups excluding carboxylic acids is 1. The monoisotopic (exact) mass is 243 g/mol. The van der Waals surface area contributed by atoms with Crippen molar-refractivity contribution in [2.24, 2.45) is 0 Å². The molecule has 0 aliphatic carbocycles. The van der Waals surface area contributed by atoms with Gasteiger partial charge in [-0.05, 0) is 11.6 Å². The number of nitro benzene ring substituents is 1. The maximum absolute atomic E-state index is 11.1. The molecule has 84 valence electrons. The van der Waals surface area contributed by atoms with Crippen LogP contribution in [0.1, 0.15) is 10.4 Å². The van der Waals surface area contributed by atoms with Crippen molar-refractivity contribution in [3.63, 3.8) is 0 Å². The Balaban J connectivity index is 2.61. The van der Waals surface area contributed by atoms with E-state index in [1.165, 1.54) is 6.07 Å². The molecule has 1 aliphatic rings. The Labute approximate surface area is 94.9 Å². The van der Waals surface area contributed by atoms with Crippen LogP contribution >= 0.6 is 11.6 Å². The Morgan fingerprint density at radius 3 is 2.69 bits per heavy atom. The van der Waals surface area contributed by atoms with Crippen molar-refractivity contribution >= 4 is 22.5 Å². The van der Waals surface area contributed by atoms with Crippen LogP contribution in [-0.4, -0.2) is 23.4 Å². The minimum absolute atomic E-state index is 0.0504. The molecule has 0 N–H and O–H groups in total. The second kappa shape index (κ2) is 3.97. The quantitative estimate of drug-likeness (QED) is 0.449. The summed E-state index contributed by atoms with van der Waals surface area (Å²) in [5, 5.41) is 9.80. The van der Waals surface area contributed by atoms with E-state index in [0.29, 0.717) is 0 Å². The van der Waals surface area contributed by atoms with Gasteiger partial charge in [-0.3, -0.25) is 14.9 Å². The molecule has 0 atom stereocenters. The average Bonchev–Trinajstić information content (AvgIpc) is 2.27. The fourth-order valence-corrected chi connectivity index (χ4v) is 1.53. The van der Waals surface area contributed by atoms with Gasteiger partial charge in [0, 0.05) is 6.07 Å². The Morgan fingerprint density at radius 2 is 2.06 bits per heavy atom. The zero-order chi connectivity index (χ0) is 11.7. The predicted octanol–water partition coefficient (Wildman–Crippen LogP) is 1.74. The summed E-state index contributed by atoms with van der Waals surface area (Å²) < 4.78 is 10.4. The van der Waals surface area contributed by atoms with Crippen molar-refractivity contribution in [1.82, 2.24) is 0 Å². The van der Waals surface area contributed by atoms with E-state index in [1.807, 2.05) is 0 Å². The molecule has 6 nitrogen and oxygen atoms in total. The van der Waals surface area contributed by atoms with E-state index in [-0.39, 0.29) is 36.0 Å². The second-order valence-electron chi connectivity index (χ2n) is 3.05. The standard InChI is InChI=1S/C9H6ClNO5/c10-9(12)6-3-5(11(13)14)4-7-8(6)16-2-1-15-7/h3-4H,1-2H2. The third kappa shape index (κ3) is 1.79. The highest BCUT2D eigenvalue weighted by molar-refractivity contribution is 6.68. The number of fused-ring (bicyclic) bond motifs is 1. The minimum Gasteiger partial charge on any atom is -0.486 e. The van der Waals surface area contributed by atoms with Crippen LogP contribution in [0.3, 0.4) is 0 Å². The molecule has 0 amide bonds. The first kappa shape index (κ1) is 10.7. The lowest BCUT2D eigenvalue weighted by Gasteiger charge is -2.19. The normalized spacial score (nSPS) is 13.3. The number of hydrogen-bond donors (Lipinski definition) is 0. The molecule has 1 aromatic rings. The van der Waals surface area contributed by atoms with Crippen molar-refractivity contribution in [2.75, 3.05) is 13.2 Å². The van der Waals surface area contributed by atoms with Gasteiger partial charge in [-0.15, -0.1) is 0 Å². The summed E-state index contributed by atoms with van der Waals surface area (Å²) in [6.07, 6.45) is 0. The number of nitrogens with zero attached hydrogens (tertiary/aromatic N) is 1. The number of benzene rings is 1. The first-order valence-electron chi connectivity index (χ1n) is 4.37. The highest BCUT2D eigenvalue weighted by atomic mass is 35.5. The molecule has 16 heavy (non-hydrogen) atoms. The summed E-state index contributed by atoms with van der Waals surface area (Å²) in [4.78, 5) is 21.1. The SMILES string of the molecule is O=C(Cl)c1cc([N+](=O)[O-])cc2c1OCCO2. The molecular weight excluding hydrogens is 238 g/mol. The molecule has 0 fully saturated rings. The highest BCUT2D eigenvalue weighted by Crippen LogP contribution is 2.38. The molecule has 0 saturated carbocycles. The first-order valence-corrected chi connectivity index (χ1v) is 4.75. The number of rotatable bonds is 2. The van der Waals surface area contributed by atoms with Gasteiger partial charge in [0.05, 0.1) is 16.6 Å². The van der Waals surface area contributed by atoms with E-state index in [1.54, 1.807) is 0 Å². The molecule has 1 aromatic carbocycles. The lowest BCUT2D eigenvalue weighted by atomic mass is 10.1. The Morgan fingerprint density at radius 1 is 1.38 bits per heavy atom. The summed E-state index contributed by atoms with van der Waals surface area (Å²) in [5.41, 5.74) is -0.307. The molecule has 0 saturated heterocycles. The van der Waals surface area contributed by atoms with Gasteiger partial charge in [0.25, 0.3) is 10.9 Å². The number of carbonyl (C=O) groups is 1. The molecule has 2 rings (SSSR count). The van der Waals surface area contributed by atoms with E-state index < -0.39 is 10.2 Å². The molecular formula is C9H6ClNO5. The molecule has 7 heteroatoms. The van der Waals surface area contributed by atoms with Gasteiger partial charge in [0.1, 0.15) is 13.2 Å². The van der Waals surface area contributed by atoms with Gasteiger partial charge in [0.15, 0.2) is 11.5 Å². The number of hydrogen-bond acceptors (Lipinski definition) is 5. The van der Waals surface area contributed by atoms with Gasteiger partial charge in [-0.2, -0.15) is 0 Å². The van der Waals surface area contributed by atoms with Crippen LogP contribution in [0.2, 0.25) is 0 Å². The molecule has 0 unspecified atom stereocenters. The largest absolute Gasteiger partial charge is 0.486 e. The highest BCUT2D eigenvalue weighted by Gasteiger charge is 2.24. The summed E-state index contributed by atoms with van der Waals surface area (Å²) >= 11 is 5.32. The van der Waals surface area contributed by atoms with E-state index in [0.717, 1.165) is 6.07 Å². The molecule has 1 heterocycles. The Hall–Kier alpha value is -1.82. The summed E-state index contributed by atoms with van der Waals surface area (Å²) in [6.45, 7) is 0.562. The average molecular weight is 244 g/mol. The van der Waals surface area contributed by atoms with E-state index in [9.17, 15) is 14.9 Å². The molecule has 0 bridgehead atoms. The van der Waals surface area contributed by atoms with Gasteiger partial charge in [0.2, 0.25) is 0 Å². The molecule has 1 aliphatic heterocycles. The van der Waals surface area contributed by atoms with E-state index in [4.69, 9.17) is 21.1 Å². The van der Waals surface area contributed by atoms with Crippen LogP contribution in [0.15, 0.2) is 12.1 Å². The van der Waals surface area contributed by atoms with Crippen LogP contribution in [0.5, 0.6) is 11.5 Å². The van der Waals surface area contributed by atoms with Crippen molar-refractivity contribution < 1.29 is 19.2 Å². The number of ether oxygens (including phenoxy) is 2.